The Kier molecular flexibility index (Phi) is 5.71. The molecule has 5 nitrogen and oxygen atoms in total. The number of hydrogen-bond acceptors (Lipinski definition) is 3. The van der Waals surface area contributed by atoms with Crippen molar-refractivity contribution in [1.82, 2.24) is 5.32 Å². The molecule has 1 aromatic rings. The molecule has 1 amide bonds. The average molecular weight is 298 g/mol. The molecule has 0 heterocycles. The smallest absolute Gasteiger partial charge is 0.251 e. The maximum Gasteiger partial charge on any atom is 0.251 e. The van der Waals surface area contributed by atoms with E-state index in [0.29, 0.717) is 23.6 Å². The van der Waals surface area contributed by atoms with E-state index in [0.717, 1.165) is 12.8 Å². The highest BCUT2D eigenvalue weighted by molar-refractivity contribution is 7.89. The van der Waals surface area contributed by atoms with Crippen LogP contribution in [-0.2, 0) is 10.0 Å². The van der Waals surface area contributed by atoms with Crippen LogP contribution in [0.3, 0.4) is 0 Å². The first-order valence-corrected chi connectivity index (χ1v) is 8.18. The fraction of sp³-hybridized carbons (Fsp3) is 0.500. The van der Waals surface area contributed by atoms with Crippen molar-refractivity contribution in [2.45, 2.75) is 38.5 Å². The molecular weight excluding hydrogens is 276 g/mol. The highest BCUT2D eigenvalue weighted by Crippen LogP contribution is 2.15. The Morgan fingerprint density at radius 1 is 1.35 bits per heavy atom. The molecule has 6 heteroatoms. The molecular formula is C14H22N2O3S. The van der Waals surface area contributed by atoms with E-state index < -0.39 is 10.0 Å². The molecule has 0 saturated heterocycles. The molecule has 0 aliphatic rings. The quantitative estimate of drug-likeness (QED) is 0.785. The normalized spacial score (nSPS) is 11.7. The zero-order valence-electron chi connectivity index (χ0n) is 12.1. The van der Waals surface area contributed by atoms with E-state index in [9.17, 15) is 13.2 Å². The molecule has 0 aromatic heterocycles. The largest absolute Gasteiger partial charge is 0.352 e. The van der Waals surface area contributed by atoms with E-state index >= 15 is 0 Å². The second kappa shape index (κ2) is 6.85. The minimum atomic E-state index is -3.81. The Labute approximate surface area is 120 Å². The van der Waals surface area contributed by atoms with Crippen molar-refractivity contribution in [3.8, 4) is 0 Å². The van der Waals surface area contributed by atoms with Gasteiger partial charge in [0.15, 0.2) is 0 Å². The third-order valence-corrected chi connectivity index (χ3v) is 4.05. The van der Waals surface area contributed by atoms with Crippen molar-refractivity contribution in [1.29, 1.82) is 0 Å². The topological polar surface area (TPSA) is 89.3 Å². The number of hydrogen-bond donors (Lipinski definition) is 2. The molecule has 0 aliphatic heterocycles. The lowest BCUT2D eigenvalue weighted by Gasteiger charge is -2.09. The predicted octanol–water partition coefficient (Wildman–Crippen LogP) is 1.81. The van der Waals surface area contributed by atoms with Crippen LogP contribution in [0.2, 0.25) is 0 Å². The third kappa shape index (κ3) is 4.94. The molecule has 20 heavy (non-hydrogen) atoms. The van der Waals surface area contributed by atoms with Gasteiger partial charge in [0.05, 0.1) is 4.90 Å². The van der Waals surface area contributed by atoms with Gasteiger partial charge in [-0.2, -0.15) is 0 Å². The number of carbonyl (C=O) groups excluding carboxylic acids is 1. The maximum atomic E-state index is 11.9. The van der Waals surface area contributed by atoms with E-state index in [1.54, 1.807) is 19.1 Å². The van der Waals surface area contributed by atoms with Gasteiger partial charge in [-0.15, -0.1) is 0 Å². The Morgan fingerprint density at radius 3 is 2.55 bits per heavy atom. The SMILES string of the molecule is Cc1ccc(C(=O)NCCCC(C)C)cc1S(N)(=O)=O. The summed E-state index contributed by atoms with van der Waals surface area (Å²) in [5, 5.41) is 7.90. The van der Waals surface area contributed by atoms with E-state index in [-0.39, 0.29) is 10.8 Å². The number of carbonyl (C=O) groups is 1. The maximum absolute atomic E-state index is 11.9. The summed E-state index contributed by atoms with van der Waals surface area (Å²) >= 11 is 0. The summed E-state index contributed by atoms with van der Waals surface area (Å²) in [6.07, 6.45) is 1.94. The van der Waals surface area contributed by atoms with Gasteiger partial charge in [0.25, 0.3) is 5.91 Å². The molecule has 0 radical (unpaired) electrons. The Bertz CT molecular complexity index is 580. The van der Waals surface area contributed by atoms with Crippen molar-refractivity contribution in [2.75, 3.05) is 6.54 Å². The van der Waals surface area contributed by atoms with Gasteiger partial charge >= 0.3 is 0 Å². The lowest BCUT2D eigenvalue weighted by molar-refractivity contribution is 0.0952. The van der Waals surface area contributed by atoms with Gasteiger partial charge in [0, 0.05) is 12.1 Å². The van der Waals surface area contributed by atoms with Gasteiger partial charge < -0.3 is 5.32 Å². The van der Waals surface area contributed by atoms with Gasteiger partial charge in [-0.05, 0) is 43.4 Å². The van der Waals surface area contributed by atoms with Crippen molar-refractivity contribution in [3.05, 3.63) is 29.3 Å². The van der Waals surface area contributed by atoms with Crippen LogP contribution in [0.1, 0.15) is 42.6 Å². The zero-order valence-corrected chi connectivity index (χ0v) is 13.0. The van der Waals surface area contributed by atoms with Crippen LogP contribution in [0, 0.1) is 12.8 Å². The molecule has 0 atom stereocenters. The van der Waals surface area contributed by atoms with E-state index in [2.05, 4.69) is 19.2 Å². The number of nitrogens with two attached hydrogens (primary N) is 1. The van der Waals surface area contributed by atoms with Crippen LogP contribution >= 0.6 is 0 Å². The molecule has 3 N–H and O–H groups in total. The van der Waals surface area contributed by atoms with Crippen LogP contribution in [0.25, 0.3) is 0 Å². The van der Waals surface area contributed by atoms with Gasteiger partial charge in [-0.1, -0.05) is 19.9 Å². The number of primary sulfonamides is 1. The molecule has 0 bridgehead atoms. The van der Waals surface area contributed by atoms with E-state index in [1.807, 2.05) is 0 Å². The van der Waals surface area contributed by atoms with Gasteiger partial charge in [-0.3, -0.25) is 4.79 Å². The van der Waals surface area contributed by atoms with Crippen molar-refractivity contribution in [2.24, 2.45) is 11.1 Å². The zero-order chi connectivity index (χ0) is 15.3. The molecule has 0 saturated carbocycles. The van der Waals surface area contributed by atoms with E-state index in [1.165, 1.54) is 6.07 Å². The molecule has 1 rings (SSSR count). The second-order valence-electron chi connectivity index (χ2n) is 5.32. The molecule has 0 fully saturated rings. The Balaban J connectivity index is 2.75. The number of amides is 1. The second-order valence-corrected chi connectivity index (χ2v) is 6.85. The van der Waals surface area contributed by atoms with Crippen LogP contribution < -0.4 is 10.5 Å². The number of benzene rings is 1. The molecule has 112 valence electrons. The van der Waals surface area contributed by atoms with Crippen molar-refractivity contribution in [3.63, 3.8) is 0 Å². The Morgan fingerprint density at radius 2 is 2.00 bits per heavy atom. The predicted molar refractivity (Wildman–Crippen MR) is 79.0 cm³/mol. The first kappa shape index (κ1) is 16.7. The minimum absolute atomic E-state index is 0.00710. The lowest BCUT2D eigenvalue weighted by Crippen LogP contribution is -2.25. The lowest BCUT2D eigenvalue weighted by atomic mass is 10.1. The van der Waals surface area contributed by atoms with Gasteiger partial charge in [0.2, 0.25) is 10.0 Å². The highest BCUT2D eigenvalue weighted by atomic mass is 32.2. The fourth-order valence-electron chi connectivity index (χ4n) is 1.86. The summed E-state index contributed by atoms with van der Waals surface area (Å²) in [5.41, 5.74) is 0.841. The molecule has 1 aromatic carbocycles. The third-order valence-electron chi connectivity index (χ3n) is 3.00. The van der Waals surface area contributed by atoms with Crippen LogP contribution in [0.5, 0.6) is 0 Å². The minimum Gasteiger partial charge on any atom is -0.352 e. The highest BCUT2D eigenvalue weighted by Gasteiger charge is 2.14. The van der Waals surface area contributed by atoms with Crippen molar-refractivity contribution >= 4 is 15.9 Å². The first-order chi connectivity index (χ1) is 9.21. The van der Waals surface area contributed by atoms with Crippen LogP contribution in [-0.4, -0.2) is 20.9 Å². The van der Waals surface area contributed by atoms with Crippen molar-refractivity contribution < 1.29 is 13.2 Å². The summed E-state index contributed by atoms with van der Waals surface area (Å²) in [4.78, 5) is 11.9. The number of aryl methyl sites for hydroxylation is 1. The fourth-order valence-corrected chi connectivity index (χ4v) is 2.67. The first-order valence-electron chi connectivity index (χ1n) is 6.63. The number of rotatable bonds is 6. The monoisotopic (exact) mass is 298 g/mol. The summed E-state index contributed by atoms with van der Waals surface area (Å²) in [5.74, 6) is 0.318. The molecule has 0 unspecified atom stereocenters. The number of nitrogens with one attached hydrogen (secondary N) is 1. The molecule has 0 spiro atoms. The van der Waals surface area contributed by atoms with E-state index in [4.69, 9.17) is 5.14 Å². The summed E-state index contributed by atoms with van der Waals surface area (Å²) in [6.45, 7) is 6.47. The van der Waals surface area contributed by atoms with Gasteiger partial charge in [-0.25, -0.2) is 13.6 Å². The number of sulfonamides is 1. The van der Waals surface area contributed by atoms with Crippen LogP contribution in [0.4, 0.5) is 0 Å². The summed E-state index contributed by atoms with van der Waals surface area (Å²) < 4.78 is 22.8. The van der Waals surface area contributed by atoms with Crippen LogP contribution in [0.15, 0.2) is 23.1 Å². The van der Waals surface area contributed by atoms with Gasteiger partial charge in [0.1, 0.15) is 0 Å². The standard InChI is InChI=1S/C14H22N2O3S/c1-10(2)5-4-8-16-14(17)12-7-6-11(3)13(9-12)20(15,18)19/h6-7,9-10H,4-5,8H2,1-3H3,(H,16,17)(H2,15,18,19). The average Bonchev–Trinajstić information content (AvgIpc) is 2.33. The Hall–Kier alpha value is -1.40. The summed E-state index contributed by atoms with van der Waals surface area (Å²) in [7, 11) is -3.81. The summed E-state index contributed by atoms with van der Waals surface area (Å²) in [6, 6.07) is 4.51. The molecule has 0 aliphatic carbocycles.